The topological polar surface area (TPSA) is 15.3 Å². The average molecular weight is 226 g/mol. The van der Waals surface area contributed by atoms with Gasteiger partial charge in [0.1, 0.15) is 0 Å². The van der Waals surface area contributed by atoms with Gasteiger partial charge in [0, 0.05) is 19.1 Å². The summed E-state index contributed by atoms with van der Waals surface area (Å²) in [6.07, 6.45) is 9.75. The second-order valence-electron chi connectivity index (χ2n) is 5.25. The van der Waals surface area contributed by atoms with Crippen LogP contribution >= 0.6 is 0 Å². The Balaban J connectivity index is 2.05. The average Bonchev–Trinajstić information content (AvgIpc) is 2.21. The number of likely N-dealkylation sites (tertiary alicyclic amines) is 1. The third-order valence-electron chi connectivity index (χ3n) is 3.59. The normalized spacial score (nSPS) is 21.4. The van der Waals surface area contributed by atoms with E-state index in [-0.39, 0.29) is 0 Å². The zero-order valence-corrected chi connectivity index (χ0v) is 11.3. The van der Waals surface area contributed by atoms with E-state index in [1.807, 2.05) is 0 Å². The van der Waals surface area contributed by atoms with E-state index in [0.717, 1.165) is 0 Å². The first-order chi connectivity index (χ1) is 7.83. The Morgan fingerprint density at radius 1 is 1.06 bits per heavy atom. The molecular formula is C14H30N2. The predicted molar refractivity (Wildman–Crippen MR) is 71.9 cm³/mol. The van der Waals surface area contributed by atoms with Crippen molar-refractivity contribution in [3.8, 4) is 0 Å². The highest BCUT2D eigenvalue weighted by Gasteiger charge is 2.07. The van der Waals surface area contributed by atoms with Crippen molar-refractivity contribution in [1.82, 2.24) is 10.2 Å². The molecule has 1 heterocycles. The highest BCUT2D eigenvalue weighted by molar-refractivity contribution is 4.66. The molecule has 1 aliphatic heterocycles. The summed E-state index contributed by atoms with van der Waals surface area (Å²) in [6, 6.07) is 0.694. The van der Waals surface area contributed by atoms with Crippen LogP contribution in [0, 0.1) is 0 Å². The Hall–Kier alpha value is -0.0800. The van der Waals surface area contributed by atoms with E-state index in [0.29, 0.717) is 6.04 Å². The third kappa shape index (κ3) is 6.49. The maximum Gasteiger partial charge on any atom is 0.0107 e. The maximum absolute atomic E-state index is 3.63. The summed E-state index contributed by atoms with van der Waals surface area (Å²) in [5.74, 6) is 0. The monoisotopic (exact) mass is 226 g/mol. The third-order valence-corrected chi connectivity index (χ3v) is 3.59. The van der Waals surface area contributed by atoms with Gasteiger partial charge in [0.25, 0.3) is 0 Å². The minimum absolute atomic E-state index is 0.694. The van der Waals surface area contributed by atoms with E-state index in [1.54, 1.807) is 0 Å². The molecule has 1 rings (SSSR count). The molecule has 16 heavy (non-hydrogen) atoms. The summed E-state index contributed by atoms with van der Waals surface area (Å²) in [4.78, 5) is 2.64. The SMILES string of the molecule is CCCC(C)NCCN1CCCCCCC1. The molecule has 0 aliphatic carbocycles. The summed E-state index contributed by atoms with van der Waals surface area (Å²) < 4.78 is 0. The van der Waals surface area contributed by atoms with E-state index in [2.05, 4.69) is 24.1 Å². The van der Waals surface area contributed by atoms with Crippen molar-refractivity contribution in [2.75, 3.05) is 26.2 Å². The quantitative estimate of drug-likeness (QED) is 0.749. The van der Waals surface area contributed by atoms with Crippen molar-refractivity contribution < 1.29 is 0 Å². The van der Waals surface area contributed by atoms with Gasteiger partial charge in [-0.1, -0.05) is 32.6 Å². The van der Waals surface area contributed by atoms with Gasteiger partial charge < -0.3 is 10.2 Å². The smallest absolute Gasteiger partial charge is 0.0107 e. The van der Waals surface area contributed by atoms with Gasteiger partial charge >= 0.3 is 0 Å². The largest absolute Gasteiger partial charge is 0.313 e. The van der Waals surface area contributed by atoms with Gasteiger partial charge in [-0.15, -0.1) is 0 Å². The second kappa shape index (κ2) is 9.00. The number of hydrogen-bond acceptors (Lipinski definition) is 2. The van der Waals surface area contributed by atoms with Crippen molar-refractivity contribution in [3.63, 3.8) is 0 Å². The lowest BCUT2D eigenvalue weighted by atomic mass is 10.1. The summed E-state index contributed by atoms with van der Waals surface area (Å²) in [6.45, 7) is 9.62. The van der Waals surface area contributed by atoms with Gasteiger partial charge in [0.2, 0.25) is 0 Å². The first kappa shape index (κ1) is 14.0. The molecule has 1 N–H and O–H groups in total. The number of nitrogens with one attached hydrogen (secondary N) is 1. The molecule has 1 saturated heterocycles. The number of hydrogen-bond donors (Lipinski definition) is 1. The van der Waals surface area contributed by atoms with Gasteiger partial charge in [-0.05, 0) is 39.3 Å². The Kier molecular flexibility index (Phi) is 7.87. The van der Waals surface area contributed by atoms with Crippen LogP contribution in [0.25, 0.3) is 0 Å². The molecule has 0 aromatic rings. The van der Waals surface area contributed by atoms with Crippen LogP contribution in [0.4, 0.5) is 0 Å². The molecule has 0 aromatic carbocycles. The minimum atomic E-state index is 0.694. The van der Waals surface area contributed by atoms with Crippen molar-refractivity contribution in [3.05, 3.63) is 0 Å². The van der Waals surface area contributed by atoms with Crippen molar-refractivity contribution >= 4 is 0 Å². The molecule has 2 heteroatoms. The first-order valence-electron chi connectivity index (χ1n) is 7.28. The molecule has 0 saturated carbocycles. The van der Waals surface area contributed by atoms with Crippen LogP contribution < -0.4 is 5.32 Å². The van der Waals surface area contributed by atoms with E-state index in [9.17, 15) is 0 Å². The Bertz CT molecular complexity index is 151. The second-order valence-corrected chi connectivity index (χ2v) is 5.25. The van der Waals surface area contributed by atoms with E-state index >= 15 is 0 Å². The van der Waals surface area contributed by atoms with E-state index in [4.69, 9.17) is 0 Å². The van der Waals surface area contributed by atoms with Gasteiger partial charge in [-0.25, -0.2) is 0 Å². The lowest BCUT2D eigenvalue weighted by Gasteiger charge is -2.25. The molecule has 1 unspecified atom stereocenters. The molecule has 96 valence electrons. The Morgan fingerprint density at radius 2 is 1.69 bits per heavy atom. The summed E-state index contributed by atoms with van der Waals surface area (Å²) in [5.41, 5.74) is 0. The van der Waals surface area contributed by atoms with Crippen molar-refractivity contribution in [2.24, 2.45) is 0 Å². The van der Waals surface area contributed by atoms with Gasteiger partial charge in [0.15, 0.2) is 0 Å². The molecule has 0 spiro atoms. The Morgan fingerprint density at radius 3 is 2.31 bits per heavy atom. The zero-order valence-electron chi connectivity index (χ0n) is 11.3. The molecule has 0 radical (unpaired) electrons. The van der Waals surface area contributed by atoms with Gasteiger partial charge in [-0.3, -0.25) is 0 Å². The highest BCUT2D eigenvalue weighted by Crippen LogP contribution is 2.09. The fourth-order valence-corrected chi connectivity index (χ4v) is 2.54. The zero-order chi connectivity index (χ0) is 11.6. The van der Waals surface area contributed by atoms with Crippen LogP contribution in [-0.4, -0.2) is 37.1 Å². The lowest BCUT2D eigenvalue weighted by Crippen LogP contribution is -2.37. The minimum Gasteiger partial charge on any atom is -0.313 e. The summed E-state index contributed by atoms with van der Waals surface area (Å²) in [5, 5.41) is 3.63. The Labute approximate surface area is 102 Å². The van der Waals surface area contributed by atoms with Crippen LogP contribution in [-0.2, 0) is 0 Å². The molecule has 1 atom stereocenters. The van der Waals surface area contributed by atoms with Crippen LogP contribution in [0.15, 0.2) is 0 Å². The van der Waals surface area contributed by atoms with Crippen LogP contribution in [0.3, 0.4) is 0 Å². The van der Waals surface area contributed by atoms with Gasteiger partial charge in [0.05, 0.1) is 0 Å². The van der Waals surface area contributed by atoms with Crippen molar-refractivity contribution in [1.29, 1.82) is 0 Å². The van der Waals surface area contributed by atoms with E-state index in [1.165, 1.54) is 71.1 Å². The predicted octanol–water partition coefficient (Wildman–Crippen LogP) is 3.03. The van der Waals surface area contributed by atoms with Crippen LogP contribution in [0.1, 0.15) is 58.8 Å². The molecule has 0 aromatic heterocycles. The molecule has 1 aliphatic rings. The standard InChI is InChI=1S/C14H30N2/c1-3-9-14(2)15-10-13-16-11-7-5-4-6-8-12-16/h14-15H,3-13H2,1-2H3. The van der Waals surface area contributed by atoms with Gasteiger partial charge in [-0.2, -0.15) is 0 Å². The maximum atomic E-state index is 3.63. The molecule has 0 bridgehead atoms. The summed E-state index contributed by atoms with van der Waals surface area (Å²) in [7, 11) is 0. The summed E-state index contributed by atoms with van der Waals surface area (Å²) >= 11 is 0. The van der Waals surface area contributed by atoms with Crippen LogP contribution in [0.2, 0.25) is 0 Å². The lowest BCUT2D eigenvalue weighted by molar-refractivity contribution is 0.244. The molecule has 0 amide bonds. The fraction of sp³-hybridized carbons (Fsp3) is 1.00. The van der Waals surface area contributed by atoms with E-state index < -0.39 is 0 Å². The highest BCUT2D eigenvalue weighted by atomic mass is 15.1. The fourth-order valence-electron chi connectivity index (χ4n) is 2.54. The number of nitrogens with zero attached hydrogens (tertiary/aromatic N) is 1. The molecular weight excluding hydrogens is 196 g/mol. The molecule has 2 nitrogen and oxygen atoms in total. The number of rotatable bonds is 6. The first-order valence-corrected chi connectivity index (χ1v) is 7.28. The van der Waals surface area contributed by atoms with Crippen molar-refractivity contribution in [2.45, 2.75) is 64.8 Å². The van der Waals surface area contributed by atoms with Crippen LogP contribution in [0.5, 0.6) is 0 Å². The molecule has 1 fully saturated rings.